The highest BCUT2D eigenvalue weighted by molar-refractivity contribution is 5.95. The fraction of sp³-hybridized carbons (Fsp3) is 0.0556. The minimum Gasteiger partial charge on any atom is -0.393 e. The zero-order chi connectivity index (χ0) is 17.6. The van der Waals surface area contributed by atoms with Gasteiger partial charge in [-0.2, -0.15) is 0 Å². The third-order valence-electron chi connectivity index (χ3n) is 3.53. The number of benzene rings is 2. The van der Waals surface area contributed by atoms with E-state index in [9.17, 15) is 4.79 Å². The normalized spacial score (nSPS) is 10.1. The van der Waals surface area contributed by atoms with Crippen molar-refractivity contribution in [1.29, 1.82) is 0 Å². The molecule has 0 aliphatic heterocycles. The van der Waals surface area contributed by atoms with E-state index in [1.54, 1.807) is 24.3 Å². The van der Waals surface area contributed by atoms with Crippen molar-refractivity contribution in [3.8, 4) is 0 Å². The van der Waals surface area contributed by atoms with Crippen LogP contribution in [0.15, 0.2) is 60.9 Å². The number of nitrogens with zero attached hydrogens (tertiary/aromatic N) is 2. The first kappa shape index (κ1) is 16.3. The van der Waals surface area contributed by atoms with Crippen molar-refractivity contribution in [3.63, 3.8) is 0 Å². The molecule has 0 aliphatic carbocycles. The van der Waals surface area contributed by atoms with Crippen molar-refractivity contribution in [2.75, 3.05) is 16.5 Å². The average Bonchev–Trinajstić information content (AvgIpc) is 2.64. The molecule has 1 aromatic heterocycles. The van der Waals surface area contributed by atoms with Gasteiger partial charge in [0.25, 0.3) is 5.91 Å². The summed E-state index contributed by atoms with van der Waals surface area (Å²) < 4.78 is 0. The van der Waals surface area contributed by atoms with Crippen molar-refractivity contribution in [2.24, 2.45) is 0 Å². The van der Waals surface area contributed by atoms with Gasteiger partial charge in [-0.1, -0.05) is 35.9 Å². The molecule has 2 aromatic carbocycles. The highest BCUT2D eigenvalue weighted by Gasteiger charge is 2.10. The number of nitrogens with two attached hydrogens (primary N) is 1. The smallest absolute Gasteiger partial charge is 0.269 e. The third-order valence-corrected chi connectivity index (χ3v) is 3.53. The lowest BCUT2D eigenvalue weighted by Crippen LogP contribution is -2.30. The van der Waals surface area contributed by atoms with Crippen molar-refractivity contribution >= 4 is 28.9 Å². The van der Waals surface area contributed by atoms with Gasteiger partial charge in [0, 0.05) is 11.3 Å². The Bertz CT molecular complexity index is 864. The third kappa shape index (κ3) is 4.03. The van der Waals surface area contributed by atoms with Crippen molar-refractivity contribution < 1.29 is 4.79 Å². The molecule has 0 bridgehead atoms. The second-order valence-corrected chi connectivity index (χ2v) is 5.42. The molecule has 0 saturated heterocycles. The van der Waals surface area contributed by atoms with E-state index in [0.717, 1.165) is 11.3 Å². The molecule has 1 heterocycles. The maximum atomic E-state index is 12.1. The van der Waals surface area contributed by atoms with E-state index in [1.807, 2.05) is 37.3 Å². The molecule has 0 saturated carbocycles. The van der Waals surface area contributed by atoms with Crippen LogP contribution >= 0.6 is 0 Å². The van der Waals surface area contributed by atoms with Crippen LogP contribution in [-0.4, -0.2) is 15.9 Å². The minimum atomic E-state index is -0.286. The largest absolute Gasteiger partial charge is 0.393 e. The van der Waals surface area contributed by atoms with Gasteiger partial charge >= 0.3 is 0 Å². The zero-order valence-electron chi connectivity index (χ0n) is 13.7. The van der Waals surface area contributed by atoms with Gasteiger partial charge < -0.3 is 11.1 Å². The quantitative estimate of drug-likeness (QED) is 0.535. The van der Waals surface area contributed by atoms with Crippen LogP contribution in [0.3, 0.4) is 0 Å². The van der Waals surface area contributed by atoms with Crippen molar-refractivity contribution in [3.05, 3.63) is 72.1 Å². The summed E-state index contributed by atoms with van der Waals surface area (Å²) in [5.74, 6) is 0.482. The van der Waals surface area contributed by atoms with Crippen LogP contribution < -0.4 is 21.9 Å². The number of aromatic nitrogens is 2. The molecule has 3 rings (SSSR count). The van der Waals surface area contributed by atoms with Gasteiger partial charge in [-0.25, -0.2) is 9.97 Å². The zero-order valence-corrected chi connectivity index (χ0v) is 13.7. The Morgan fingerprint density at radius 3 is 2.36 bits per heavy atom. The standard InChI is InChI=1S/C18H18N6O/c1-12-7-9-14(10-8-12)22-16-15(19)17(21-11-20-16)23-24-18(25)13-5-3-2-4-6-13/h2-11H,19H2,1H3,(H,24,25)(H2,20,21,22,23). The van der Waals surface area contributed by atoms with Gasteiger partial charge in [0.1, 0.15) is 12.0 Å². The first-order valence-corrected chi connectivity index (χ1v) is 7.69. The number of hydrogen-bond donors (Lipinski definition) is 4. The maximum Gasteiger partial charge on any atom is 0.269 e. The van der Waals surface area contributed by atoms with E-state index in [-0.39, 0.29) is 5.91 Å². The lowest BCUT2D eigenvalue weighted by Gasteiger charge is -2.13. The van der Waals surface area contributed by atoms with Crippen molar-refractivity contribution in [1.82, 2.24) is 15.4 Å². The van der Waals surface area contributed by atoms with Crippen LogP contribution in [0, 0.1) is 6.92 Å². The second kappa shape index (κ2) is 7.31. The van der Waals surface area contributed by atoms with E-state index >= 15 is 0 Å². The van der Waals surface area contributed by atoms with Gasteiger partial charge in [0.05, 0.1) is 0 Å². The number of anilines is 4. The van der Waals surface area contributed by atoms with Gasteiger partial charge in [0.15, 0.2) is 11.6 Å². The van der Waals surface area contributed by atoms with Crippen LogP contribution in [0.5, 0.6) is 0 Å². The number of aryl methyl sites for hydroxylation is 1. The predicted octanol–water partition coefficient (Wildman–Crippen LogP) is 2.87. The number of hydrazine groups is 1. The van der Waals surface area contributed by atoms with E-state index < -0.39 is 0 Å². The monoisotopic (exact) mass is 334 g/mol. The first-order chi connectivity index (χ1) is 12.1. The second-order valence-electron chi connectivity index (χ2n) is 5.42. The highest BCUT2D eigenvalue weighted by atomic mass is 16.2. The summed E-state index contributed by atoms with van der Waals surface area (Å²) in [7, 11) is 0. The Labute approximate surface area is 145 Å². The Morgan fingerprint density at radius 1 is 0.960 bits per heavy atom. The Kier molecular flexibility index (Phi) is 4.75. The van der Waals surface area contributed by atoms with Gasteiger partial charge in [0.2, 0.25) is 0 Å². The number of amides is 1. The van der Waals surface area contributed by atoms with Gasteiger partial charge in [-0.05, 0) is 31.2 Å². The molecule has 3 aromatic rings. The highest BCUT2D eigenvalue weighted by Crippen LogP contribution is 2.25. The molecule has 25 heavy (non-hydrogen) atoms. The Hall–Kier alpha value is -3.61. The summed E-state index contributed by atoms with van der Waals surface area (Å²) in [4.78, 5) is 20.3. The lowest BCUT2D eigenvalue weighted by atomic mass is 10.2. The van der Waals surface area contributed by atoms with Crippen LogP contribution in [0.2, 0.25) is 0 Å². The fourth-order valence-corrected chi connectivity index (χ4v) is 2.15. The van der Waals surface area contributed by atoms with Gasteiger partial charge in [-0.3, -0.25) is 15.6 Å². The van der Waals surface area contributed by atoms with E-state index in [4.69, 9.17) is 5.73 Å². The number of carbonyl (C=O) groups excluding carboxylic acids is 1. The first-order valence-electron chi connectivity index (χ1n) is 7.69. The molecular formula is C18H18N6O. The van der Waals surface area contributed by atoms with E-state index in [0.29, 0.717) is 22.9 Å². The molecule has 0 fully saturated rings. The molecule has 126 valence electrons. The SMILES string of the molecule is Cc1ccc(Nc2ncnc(NNC(=O)c3ccccc3)c2N)cc1. The lowest BCUT2D eigenvalue weighted by molar-refractivity contribution is 0.0962. The summed E-state index contributed by atoms with van der Waals surface area (Å²) in [6.07, 6.45) is 1.36. The Balaban J connectivity index is 1.70. The van der Waals surface area contributed by atoms with Crippen molar-refractivity contribution in [2.45, 2.75) is 6.92 Å². The summed E-state index contributed by atoms with van der Waals surface area (Å²) in [6.45, 7) is 2.01. The molecule has 0 unspecified atom stereocenters. The minimum absolute atomic E-state index is 0.286. The van der Waals surface area contributed by atoms with Crippen LogP contribution in [0.25, 0.3) is 0 Å². The molecule has 0 radical (unpaired) electrons. The summed E-state index contributed by atoms with van der Waals surface area (Å²) >= 11 is 0. The van der Waals surface area contributed by atoms with Crippen LogP contribution in [0.1, 0.15) is 15.9 Å². The number of nitrogens with one attached hydrogen (secondary N) is 3. The molecule has 7 nitrogen and oxygen atoms in total. The topological polar surface area (TPSA) is 105 Å². The summed E-state index contributed by atoms with van der Waals surface area (Å²) in [5.41, 5.74) is 14.2. The average molecular weight is 334 g/mol. The molecular weight excluding hydrogens is 316 g/mol. The molecule has 1 amide bonds. The number of rotatable bonds is 5. The molecule has 0 spiro atoms. The van der Waals surface area contributed by atoms with E-state index in [1.165, 1.54) is 6.33 Å². The van der Waals surface area contributed by atoms with Crippen LogP contribution in [0.4, 0.5) is 23.0 Å². The molecule has 7 heteroatoms. The number of nitrogen functional groups attached to an aromatic ring is 1. The fourth-order valence-electron chi connectivity index (χ4n) is 2.15. The summed E-state index contributed by atoms with van der Waals surface area (Å²) in [5, 5.41) is 3.13. The molecule has 0 atom stereocenters. The molecule has 5 N–H and O–H groups in total. The Morgan fingerprint density at radius 2 is 1.64 bits per heavy atom. The predicted molar refractivity (Wildman–Crippen MR) is 98.4 cm³/mol. The van der Waals surface area contributed by atoms with Gasteiger partial charge in [-0.15, -0.1) is 0 Å². The van der Waals surface area contributed by atoms with E-state index in [2.05, 4.69) is 26.1 Å². The summed E-state index contributed by atoms with van der Waals surface area (Å²) in [6, 6.07) is 16.7. The molecule has 0 aliphatic rings. The maximum absolute atomic E-state index is 12.1. The van der Waals surface area contributed by atoms with Crippen LogP contribution in [-0.2, 0) is 0 Å². The number of hydrogen-bond acceptors (Lipinski definition) is 6. The number of carbonyl (C=O) groups is 1.